The predicted molar refractivity (Wildman–Crippen MR) is 108 cm³/mol. The molecule has 0 atom stereocenters. The Balaban J connectivity index is 1.91. The molecule has 1 N–H and O–H groups in total. The number of imidazole rings is 1. The van der Waals surface area contributed by atoms with Crippen LogP contribution in [0.1, 0.15) is 39.9 Å². The summed E-state index contributed by atoms with van der Waals surface area (Å²) in [5, 5.41) is 2.22. The number of carbonyl (C=O) groups excluding carboxylic acids is 1. The van der Waals surface area contributed by atoms with E-state index in [1.807, 2.05) is 39.8 Å². The van der Waals surface area contributed by atoms with Gasteiger partial charge >= 0.3 is 6.09 Å². The van der Waals surface area contributed by atoms with Crippen molar-refractivity contribution in [3.05, 3.63) is 40.6 Å². The third-order valence-electron chi connectivity index (χ3n) is 3.96. The fourth-order valence-electron chi connectivity index (χ4n) is 2.91. The summed E-state index contributed by atoms with van der Waals surface area (Å²) in [6.45, 7) is 8.69. The van der Waals surface area contributed by atoms with Crippen LogP contribution in [-0.2, 0) is 11.3 Å². The molecule has 0 bridgehead atoms. The van der Waals surface area contributed by atoms with Crippen molar-refractivity contribution in [2.75, 3.05) is 6.54 Å². The van der Waals surface area contributed by atoms with Crippen LogP contribution in [-0.4, -0.2) is 33.1 Å². The zero-order valence-electron chi connectivity index (χ0n) is 15.6. The van der Waals surface area contributed by atoms with Crippen molar-refractivity contribution in [1.82, 2.24) is 14.9 Å². The summed E-state index contributed by atoms with van der Waals surface area (Å²) in [7, 11) is 0. The lowest BCUT2D eigenvalue weighted by molar-refractivity contribution is 0.0229. The van der Waals surface area contributed by atoms with Crippen LogP contribution in [0, 0.1) is 0 Å². The highest BCUT2D eigenvalue weighted by molar-refractivity contribution is 9.10. The molecule has 2 aromatic carbocycles. The van der Waals surface area contributed by atoms with Crippen molar-refractivity contribution in [2.45, 2.75) is 46.3 Å². The molecule has 0 saturated carbocycles. The van der Waals surface area contributed by atoms with Gasteiger partial charge < -0.3 is 14.6 Å². The molecule has 1 aromatic heterocycles. The van der Waals surface area contributed by atoms with Gasteiger partial charge in [0, 0.05) is 16.4 Å². The molecule has 3 aromatic rings. The summed E-state index contributed by atoms with van der Waals surface area (Å²) in [5.41, 5.74) is 1.38. The number of amides is 1. The van der Waals surface area contributed by atoms with E-state index in [9.17, 15) is 4.79 Å². The molecule has 1 amide bonds. The number of hydrogen-bond donors (Lipinski definition) is 1. The van der Waals surface area contributed by atoms with Crippen molar-refractivity contribution >= 4 is 43.8 Å². The van der Waals surface area contributed by atoms with E-state index in [2.05, 4.69) is 39.1 Å². The normalized spacial score (nSPS) is 11.9. The van der Waals surface area contributed by atoms with Gasteiger partial charge in [0.25, 0.3) is 0 Å². The standard InChI is InChI=1S/C20H24BrN3O2/c1-5-10-24(19(25)26-20(2,3)4)12-17-22-16-9-6-13-11-14(21)7-8-15(13)18(16)23-17/h6-9,11H,5,10,12H2,1-4H3,(H,22,23). The molecule has 1 heterocycles. The summed E-state index contributed by atoms with van der Waals surface area (Å²) >= 11 is 3.51. The van der Waals surface area contributed by atoms with E-state index in [0.717, 1.165) is 38.5 Å². The molecule has 0 aliphatic carbocycles. The average Bonchev–Trinajstić information content (AvgIpc) is 2.95. The highest BCUT2D eigenvalue weighted by Gasteiger charge is 2.22. The molecule has 0 unspecified atom stereocenters. The Kier molecular flexibility index (Phi) is 5.23. The van der Waals surface area contributed by atoms with Crippen molar-refractivity contribution in [3.8, 4) is 0 Å². The lowest BCUT2D eigenvalue weighted by Gasteiger charge is -2.26. The molecular formula is C20H24BrN3O2. The molecule has 0 spiro atoms. The summed E-state index contributed by atoms with van der Waals surface area (Å²) in [4.78, 5) is 22.3. The Labute approximate surface area is 161 Å². The average molecular weight is 418 g/mol. The first-order chi connectivity index (χ1) is 12.3. The van der Waals surface area contributed by atoms with Gasteiger partial charge in [-0.15, -0.1) is 0 Å². The number of aromatic nitrogens is 2. The SMILES string of the molecule is CCCN(Cc1nc2c(ccc3cc(Br)ccc32)[nH]1)C(=O)OC(C)(C)C. The van der Waals surface area contributed by atoms with E-state index < -0.39 is 5.60 Å². The molecule has 5 nitrogen and oxygen atoms in total. The first-order valence-corrected chi connectivity index (χ1v) is 9.61. The molecule has 0 aliphatic rings. The quantitative estimate of drug-likeness (QED) is 0.598. The first-order valence-electron chi connectivity index (χ1n) is 8.81. The predicted octanol–water partition coefficient (Wildman–Crippen LogP) is 5.63. The second-order valence-electron chi connectivity index (χ2n) is 7.41. The lowest BCUT2D eigenvalue weighted by Crippen LogP contribution is -2.37. The highest BCUT2D eigenvalue weighted by Crippen LogP contribution is 2.26. The van der Waals surface area contributed by atoms with E-state index in [1.165, 1.54) is 0 Å². The Morgan fingerprint density at radius 3 is 2.73 bits per heavy atom. The van der Waals surface area contributed by atoms with Crippen molar-refractivity contribution < 1.29 is 9.53 Å². The van der Waals surface area contributed by atoms with Gasteiger partial charge in [0.2, 0.25) is 0 Å². The third-order valence-corrected chi connectivity index (χ3v) is 4.46. The second kappa shape index (κ2) is 7.27. The van der Waals surface area contributed by atoms with Gasteiger partial charge in [0.15, 0.2) is 0 Å². The summed E-state index contributed by atoms with van der Waals surface area (Å²) in [5.74, 6) is 0.759. The monoisotopic (exact) mass is 417 g/mol. The van der Waals surface area contributed by atoms with Crippen molar-refractivity contribution in [3.63, 3.8) is 0 Å². The molecular weight excluding hydrogens is 394 g/mol. The zero-order valence-corrected chi connectivity index (χ0v) is 17.2. The highest BCUT2D eigenvalue weighted by atomic mass is 79.9. The zero-order chi connectivity index (χ0) is 18.9. The smallest absolute Gasteiger partial charge is 0.410 e. The summed E-state index contributed by atoms with van der Waals surface area (Å²) in [6.07, 6.45) is 0.546. The second-order valence-corrected chi connectivity index (χ2v) is 8.33. The Morgan fingerprint density at radius 1 is 1.27 bits per heavy atom. The van der Waals surface area contributed by atoms with E-state index in [4.69, 9.17) is 9.72 Å². The number of halogens is 1. The Morgan fingerprint density at radius 2 is 2.04 bits per heavy atom. The maximum Gasteiger partial charge on any atom is 0.410 e. The van der Waals surface area contributed by atoms with Gasteiger partial charge in [0.1, 0.15) is 11.4 Å². The molecule has 0 saturated heterocycles. The van der Waals surface area contributed by atoms with Gasteiger partial charge in [-0.05, 0) is 50.8 Å². The topological polar surface area (TPSA) is 58.2 Å². The summed E-state index contributed by atoms with van der Waals surface area (Å²) in [6, 6.07) is 10.2. The molecule has 26 heavy (non-hydrogen) atoms. The largest absolute Gasteiger partial charge is 0.444 e. The lowest BCUT2D eigenvalue weighted by atomic mass is 10.1. The van der Waals surface area contributed by atoms with Crippen molar-refractivity contribution in [1.29, 1.82) is 0 Å². The Hall–Kier alpha value is -2.08. The summed E-state index contributed by atoms with van der Waals surface area (Å²) < 4.78 is 6.56. The van der Waals surface area contributed by atoms with E-state index in [1.54, 1.807) is 4.90 Å². The van der Waals surface area contributed by atoms with Crippen LogP contribution in [0.2, 0.25) is 0 Å². The number of benzene rings is 2. The van der Waals surface area contributed by atoms with Gasteiger partial charge in [-0.2, -0.15) is 0 Å². The third kappa shape index (κ3) is 4.18. The van der Waals surface area contributed by atoms with Crippen LogP contribution in [0.25, 0.3) is 21.8 Å². The number of ether oxygens (including phenoxy) is 1. The van der Waals surface area contributed by atoms with Gasteiger partial charge in [0.05, 0.1) is 17.6 Å². The molecule has 3 rings (SSSR count). The van der Waals surface area contributed by atoms with Gasteiger partial charge in [-0.1, -0.05) is 35.0 Å². The first kappa shape index (κ1) is 18.7. The van der Waals surface area contributed by atoms with Crippen LogP contribution in [0.3, 0.4) is 0 Å². The number of fused-ring (bicyclic) bond motifs is 3. The van der Waals surface area contributed by atoms with Crippen LogP contribution in [0.5, 0.6) is 0 Å². The van der Waals surface area contributed by atoms with Crippen LogP contribution >= 0.6 is 15.9 Å². The fraction of sp³-hybridized carbons (Fsp3) is 0.400. The maximum absolute atomic E-state index is 12.5. The van der Waals surface area contributed by atoms with E-state index >= 15 is 0 Å². The minimum Gasteiger partial charge on any atom is -0.444 e. The Bertz CT molecular complexity index is 943. The number of aromatic amines is 1. The van der Waals surface area contributed by atoms with Crippen LogP contribution < -0.4 is 0 Å². The van der Waals surface area contributed by atoms with Crippen LogP contribution in [0.4, 0.5) is 4.79 Å². The number of nitrogens with one attached hydrogen (secondary N) is 1. The van der Waals surface area contributed by atoms with Gasteiger partial charge in [-0.3, -0.25) is 0 Å². The van der Waals surface area contributed by atoms with E-state index in [0.29, 0.717) is 13.1 Å². The molecule has 0 radical (unpaired) electrons. The minimum atomic E-state index is -0.513. The van der Waals surface area contributed by atoms with Crippen LogP contribution in [0.15, 0.2) is 34.8 Å². The fourth-order valence-corrected chi connectivity index (χ4v) is 3.29. The molecule has 138 valence electrons. The molecule has 0 fully saturated rings. The maximum atomic E-state index is 12.5. The number of H-pyrrole nitrogens is 1. The van der Waals surface area contributed by atoms with Crippen molar-refractivity contribution in [2.24, 2.45) is 0 Å². The number of nitrogens with zero attached hydrogens (tertiary/aromatic N) is 2. The number of carbonyl (C=O) groups is 1. The number of rotatable bonds is 4. The number of hydrogen-bond acceptors (Lipinski definition) is 3. The van der Waals surface area contributed by atoms with Gasteiger partial charge in [-0.25, -0.2) is 9.78 Å². The van der Waals surface area contributed by atoms with E-state index in [-0.39, 0.29) is 6.09 Å². The molecule has 0 aliphatic heterocycles. The molecule has 6 heteroatoms. The minimum absolute atomic E-state index is 0.311.